The van der Waals surface area contributed by atoms with E-state index in [-0.39, 0.29) is 11.3 Å². The Morgan fingerprint density at radius 3 is 2.58 bits per heavy atom. The maximum atomic E-state index is 12.8. The summed E-state index contributed by atoms with van der Waals surface area (Å²) in [5.41, 5.74) is 4.64. The summed E-state index contributed by atoms with van der Waals surface area (Å²) in [6.07, 6.45) is 4.70. The predicted octanol–water partition coefficient (Wildman–Crippen LogP) is 5.26. The van der Waals surface area contributed by atoms with E-state index in [2.05, 4.69) is 67.2 Å². The van der Waals surface area contributed by atoms with Crippen LogP contribution >= 0.6 is 0 Å². The number of aromatic nitrogens is 2. The quantitative estimate of drug-likeness (QED) is 0.488. The van der Waals surface area contributed by atoms with Crippen molar-refractivity contribution in [2.45, 2.75) is 31.6 Å². The first-order chi connectivity index (χ1) is 12.7. The third kappa shape index (κ3) is 1.86. The highest BCUT2D eigenvalue weighted by molar-refractivity contribution is 5.96. The summed E-state index contributed by atoms with van der Waals surface area (Å²) in [5, 5.41) is 2.44. The van der Waals surface area contributed by atoms with Crippen LogP contribution in [0.25, 0.3) is 21.8 Å². The van der Waals surface area contributed by atoms with Gasteiger partial charge >= 0.3 is 0 Å². The molecule has 1 aliphatic heterocycles. The summed E-state index contributed by atoms with van der Waals surface area (Å²) < 4.78 is 4.19. The number of hydrogen-bond donors (Lipinski definition) is 0. The summed E-state index contributed by atoms with van der Waals surface area (Å²) >= 11 is 0. The maximum Gasteiger partial charge on any atom is 0.231 e. The number of para-hydroxylation sites is 2. The molecule has 3 heteroatoms. The second-order valence-electron chi connectivity index (χ2n) is 7.42. The lowest BCUT2D eigenvalue weighted by atomic mass is 9.70. The van der Waals surface area contributed by atoms with Gasteiger partial charge in [0.1, 0.15) is 0 Å². The molecule has 5 rings (SSSR count). The van der Waals surface area contributed by atoms with Crippen LogP contribution < -0.4 is 0 Å². The summed E-state index contributed by atoms with van der Waals surface area (Å²) in [6, 6.07) is 19.1. The van der Waals surface area contributed by atoms with Crippen molar-refractivity contribution in [1.82, 2.24) is 9.13 Å². The van der Waals surface area contributed by atoms with Crippen molar-refractivity contribution >= 4 is 27.7 Å². The number of carbonyl (C=O) groups excluding carboxylic acids is 1. The van der Waals surface area contributed by atoms with Crippen molar-refractivity contribution in [2.75, 3.05) is 0 Å². The third-order valence-corrected chi connectivity index (χ3v) is 6.23. The van der Waals surface area contributed by atoms with Crippen LogP contribution in [-0.4, -0.2) is 15.0 Å². The van der Waals surface area contributed by atoms with Gasteiger partial charge in [0, 0.05) is 47.1 Å². The molecule has 0 fully saturated rings. The molecule has 2 aromatic carbocycles. The van der Waals surface area contributed by atoms with E-state index >= 15 is 0 Å². The van der Waals surface area contributed by atoms with Gasteiger partial charge in [-0.2, -0.15) is 0 Å². The summed E-state index contributed by atoms with van der Waals surface area (Å²) in [6.45, 7) is 2.25. The molecule has 0 saturated heterocycles. The molecule has 1 aliphatic rings. The number of hydrogen-bond acceptors (Lipinski definition) is 1. The Morgan fingerprint density at radius 2 is 1.77 bits per heavy atom. The minimum atomic E-state index is -0.131. The van der Waals surface area contributed by atoms with E-state index in [1.807, 2.05) is 16.7 Å². The van der Waals surface area contributed by atoms with Crippen LogP contribution in [0.15, 0.2) is 60.8 Å². The fourth-order valence-corrected chi connectivity index (χ4v) is 4.88. The van der Waals surface area contributed by atoms with E-state index < -0.39 is 0 Å². The molecule has 4 aromatic rings. The lowest BCUT2D eigenvalue weighted by Crippen LogP contribution is -2.37. The standard InChI is InChI=1S/C23H22N2O/c1-3-23(18-15-24(2)20-11-7-5-9-17(18)20)13-12-22(26)25-19-10-6-4-8-16(19)14-21(23)25/h4-11,14-15H,3,12-13H2,1-2H3. The van der Waals surface area contributed by atoms with Crippen LogP contribution in [0.5, 0.6) is 0 Å². The van der Waals surface area contributed by atoms with Gasteiger partial charge in [0.25, 0.3) is 0 Å². The fourth-order valence-electron chi connectivity index (χ4n) is 4.88. The Bertz CT molecular complexity index is 1160. The number of benzene rings is 2. The van der Waals surface area contributed by atoms with Gasteiger partial charge in [-0.25, -0.2) is 0 Å². The zero-order valence-electron chi connectivity index (χ0n) is 15.2. The minimum absolute atomic E-state index is 0.131. The Morgan fingerprint density at radius 1 is 1.04 bits per heavy atom. The van der Waals surface area contributed by atoms with Crippen molar-refractivity contribution in [3.05, 3.63) is 72.1 Å². The van der Waals surface area contributed by atoms with Crippen molar-refractivity contribution in [3.63, 3.8) is 0 Å². The number of carbonyl (C=O) groups is 1. The molecule has 1 atom stereocenters. The molecule has 0 aliphatic carbocycles. The molecule has 1 unspecified atom stereocenters. The molecule has 0 amide bonds. The highest BCUT2D eigenvalue weighted by atomic mass is 16.2. The Hall–Kier alpha value is -2.81. The SMILES string of the molecule is CCC1(c2cn(C)c3ccccc23)CCC(=O)n2c1cc1ccccc12. The average Bonchev–Trinajstić information content (AvgIpc) is 3.23. The third-order valence-electron chi connectivity index (χ3n) is 6.23. The Kier molecular flexibility index (Phi) is 3.17. The van der Waals surface area contributed by atoms with Crippen LogP contribution in [-0.2, 0) is 12.5 Å². The molecule has 0 radical (unpaired) electrons. The van der Waals surface area contributed by atoms with Gasteiger partial charge in [-0.1, -0.05) is 43.3 Å². The first-order valence-electron chi connectivity index (χ1n) is 9.34. The molecule has 2 aromatic heterocycles. The molecule has 26 heavy (non-hydrogen) atoms. The highest BCUT2D eigenvalue weighted by Gasteiger charge is 2.42. The van der Waals surface area contributed by atoms with Crippen LogP contribution in [0.1, 0.15) is 42.2 Å². The molecule has 0 N–H and O–H groups in total. The normalized spacial score (nSPS) is 20.0. The van der Waals surface area contributed by atoms with Gasteiger partial charge in [0.15, 0.2) is 0 Å². The van der Waals surface area contributed by atoms with E-state index in [0.717, 1.165) is 29.4 Å². The molecular weight excluding hydrogens is 320 g/mol. The maximum absolute atomic E-state index is 12.8. The Balaban J connectivity index is 1.88. The van der Waals surface area contributed by atoms with Gasteiger partial charge in [-0.3, -0.25) is 9.36 Å². The van der Waals surface area contributed by atoms with Crippen LogP contribution in [0, 0.1) is 0 Å². The van der Waals surface area contributed by atoms with Crippen LogP contribution in [0.4, 0.5) is 0 Å². The largest absolute Gasteiger partial charge is 0.350 e. The highest BCUT2D eigenvalue weighted by Crippen LogP contribution is 2.47. The van der Waals surface area contributed by atoms with Gasteiger partial charge in [0.05, 0.1) is 5.52 Å². The minimum Gasteiger partial charge on any atom is -0.350 e. The van der Waals surface area contributed by atoms with E-state index in [9.17, 15) is 4.79 Å². The second kappa shape index (κ2) is 5.34. The first-order valence-corrected chi connectivity index (χ1v) is 9.34. The van der Waals surface area contributed by atoms with Crippen LogP contribution in [0.3, 0.4) is 0 Å². The summed E-state index contributed by atoms with van der Waals surface area (Å²) in [5.74, 6) is 0.213. The topological polar surface area (TPSA) is 26.9 Å². The molecular formula is C23H22N2O. The Labute approximate surface area is 152 Å². The predicted molar refractivity (Wildman–Crippen MR) is 106 cm³/mol. The average molecular weight is 342 g/mol. The van der Waals surface area contributed by atoms with Gasteiger partial charge in [-0.05, 0) is 36.6 Å². The fraction of sp³-hybridized carbons (Fsp3) is 0.261. The zero-order valence-corrected chi connectivity index (χ0v) is 15.2. The first kappa shape index (κ1) is 15.4. The number of aryl methyl sites for hydroxylation is 1. The van der Waals surface area contributed by atoms with E-state index in [4.69, 9.17) is 0 Å². The van der Waals surface area contributed by atoms with Crippen molar-refractivity contribution in [2.24, 2.45) is 7.05 Å². The van der Waals surface area contributed by atoms with E-state index in [1.54, 1.807) is 0 Å². The van der Waals surface area contributed by atoms with E-state index in [1.165, 1.54) is 16.5 Å². The van der Waals surface area contributed by atoms with E-state index in [0.29, 0.717) is 6.42 Å². The molecule has 130 valence electrons. The lowest BCUT2D eigenvalue weighted by molar-refractivity contribution is 0.0865. The summed E-state index contributed by atoms with van der Waals surface area (Å²) in [4.78, 5) is 12.8. The van der Waals surface area contributed by atoms with Crippen molar-refractivity contribution in [1.29, 1.82) is 0 Å². The van der Waals surface area contributed by atoms with Crippen molar-refractivity contribution < 1.29 is 4.79 Å². The van der Waals surface area contributed by atoms with Gasteiger partial charge in [0.2, 0.25) is 5.91 Å². The van der Waals surface area contributed by atoms with Gasteiger partial charge in [-0.15, -0.1) is 0 Å². The molecule has 3 nitrogen and oxygen atoms in total. The summed E-state index contributed by atoms with van der Waals surface area (Å²) in [7, 11) is 2.11. The second-order valence-corrected chi connectivity index (χ2v) is 7.42. The monoisotopic (exact) mass is 342 g/mol. The zero-order chi connectivity index (χ0) is 17.9. The number of nitrogens with zero attached hydrogens (tertiary/aromatic N) is 2. The molecule has 0 spiro atoms. The smallest absolute Gasteiger partial charge is 0.231 e. The van der Waals surface area contributed by atoms with Crippen LogP contribution in [0.2, 0.25) is 0 Å². The van der Waals surface area contributed by atoms with Gasteiger partial charge < -0.3 is 4.57 Å². The molecule has 0 bridgehead atoms. The van der Waals surface area contributed by atoms with Crippen molar-refractivity contribution in [3.8, 4) is 0 Å². The molecule has 3 heterocycles. The number of fused-ring (bicyclic) bond motifs is 4. The number of rotatable bonds is 2. The lowest BCUT2D eigenvalue weighted by Gasteiger charge is -2.37. The molecule has 0 saturated carbocycles.